The van der Waals surface area contributed by atoms with E-state index in [2.05, 4.69) is 21.2 Å². The molecule has 0 saturated carbocycles. The quantitative estimate of drug-likeness (QED) is 0.689. The zero-order valence-electron chi connectivity index (χ0n) is 10.1. The summed E-state index contributed by atoms with van der Waals surface area (Å²) in [6, 6.07) is 3.53. The van der Waals surface area contributed by atoms with Crippen LogP contribution in [0.3, 0.4) is 0 Å². The first-order valence-electron chi connectivity index (χ1n) is 5.76. The molecule has 1 unspecified atom stereocenters. The molecular formula is C11H15BrN2O4S. The fourth-order valence-corrected chi connectivity index (χ4v) is 3.96. The molecule has 2 rings (SSSR count). The van der Waals surface area contributed by atoms with Gasteiger partial charge < -0.3 is 15.5 Å². The molecule has 0 aliphatic carbocycles. The van der Waals surface area contributed by atoms with Gasteiger partial charge in [-0.3, -0.25) is 0 Å². The number of hydrogen-bond donors (Lipinski definition) is 3. The van der Waals surface area contributed by atoms with Gasteiger partial charge in [0.25, 0.3) is 0 Å². The maximum atomic E-state index is 12.4. The Kier molecular flexibility index (Phi) is 4.34. The Labute approximate surface area is 120 Å². The van der Waals surface area contributed by atoms with E-state index in [9.17, 15) is 18.6 Å². The van der Waals surface area contributed by atoms with Gasteiger partial charge in [-0.05, 0) is 12.1 Å². The van der Waals surface area contributed by atoms with Crippen molar-refractivity contribution in [1.82, 2.24) is 9.62 Å². The fraction of sp³-hybridized carbons (Fsp3) is 0.455. The van der Waals surface area contributed by atoms with Crippen molar-refractivity contribution in [3.63, 3.8) is 0 Å². The Hall–Kier alpha value is -0.830. The van der Waals surface area contributed by atoms with Crippen molar-refractivity contribution in [2.75, 3.05) is 25.0 Å². The number of sulfonamides is 1. The maximum absolute atomic E-state index is 12.4. The fourth-order valence-electron chi connectivity index (χ4n) is 1.98. The lowest BCUT2D eigenvalue weighted by atomic mass is 10.3. The third kappa shape index (κ3) is 3.02. The summed E-state index contributed by atoms with van der Waals surface area (Å²) in [5, 5.41) is 22.7. The number of nitrogens with one attached hydrogen (secondary N) is 1. The van der Waals surface area contributed by atoms with Gasteiger partial charge in [-0.2, -0.15) is 4.31 Å². The van der Waals surface area contributed by atoms with E-state index < -0.39 is 15.8 Å². The normalized spacial score (nSPS) is 21.4. The van der Waals surface area contributed by atoms with Crippen molar-refractivity contribution in [2.45, 2.75) is 10.9 Å². The van der Waals surface area contributed by atoms with Crippen molar-refractivity contribution < 1.29 is 18.6 Å². The molecule has 19 heavy (non-hydrogen) atoms. The van der Waals surface area contributed by atoms with Crippen LogP contribution in [0.1, 0.15) is 0 Å². The average molecular weight is 351 g/mol. The number of nitrogens with zero attached hydrogens (tertiary/aromatic N) is 1. The van der Waals surface area contributed by atoms with Crippen LogP contribution in [-0.2, 0) is 10.0 Å². The lowest BCUT2D eigenvalue weighted by Crippen LogP contribution is -2.53. The third-order valence-corrected chi connectivity index (χ3v) is 5.66. The molecule has 0 aromatic heterocycles. The molecule has 1 saturated heterocycles. The van der Waals surface area contributed by atoms with E-state index in [-0.39, 0.29) is 16.7 Å². The second-order valence-electron chi connectivity index (χ2n) is 4.32. The van der Waals surface area contributed by atoms with E-state index in [1.54, 1.807) is 0 Å². The van der Waals surface area contributed by atoms with Gasteiger partial charge in [0, 0.05) is 37.1 Å². The molecule has 1 heterocycles. The molecule has 1 aliphatic heterocycles. The van der Waals surface area contributed by atoms with Crippen molar-refractivity contribution in [2.24, 2.45) is 0 Å². The van der Waals surface area contributed by atoms with Crippen molar-refractivity contribution in [3.05, 3.63) is 18.2 Å². The summed E-state index contributed by atoms with van der Waals surface area (Å²) in [4.78, 5) is -0.180. The molecule has 0 amide bonds. The smallest absolute Gasteiger partial charge is 0.246 e. The van der Waals surface area contributed by atoms with Gasteiger partial charge in [0.1, 0.15) is 16.4 Å². The first-order valence-corrected chi connectivity index (χ1v) is 8.33. The van der Waals surface area contributed by atoms with Crippen molar-refractivity contribution >= 4 is 26.0 Å². The Bertz CT molecular complexity index is 564. The third-order valence-electron chi connectivity index (χ3n) is 2.96. The standard InChI is InChI=1S/C11H15BrN2O4S/c12-6-8-7-14(4-3-13-8)19(17,18)11-2-1-9(15)5-10(11)16/h1-2,5,8,13,15-16H,3-4,6-7H2. The zero-order chi connectivity index (χ0) is 14.0. The van der Waals surface area contributed by atoms with Crippen LogP contribution in [0.4, 0.5) is 0 Å². The van der Waals surface area contributed by atoms with Gasteiger partial charge in [-0.1, -0.05) is 15.9 Å². The molecule has 6 nitrogen and oxygen atoms in total. The Morgan fingerprint density at radius 2 is 2.16 bits per heavy atom. The van der Waals surface area contributed by atoms with E-state index in [1.165, 1.54) is 16.4 Å². The SMILES string of the molecule is O=S(=O)(c1ccc(O)cc1O)N1CCNC(CBr)C1. The minimum absolute atomic E-state index is 0.0442. The van der Waals surface area contributed by atoms with Crippen molar-refractivity contribution in [1.29, 1.82) is 0 Å². The van der Waals surface area contributed by atoms with Gasteiger partial charge in [0.05, 0.1) is 0 Å². The number of aromatic hydroxyl groups is 2. The molecule has 3 N–H and O–H groups in total. The van der Waals surface area contributed by atoms with Gasteiger partial charge in [-0.15, -0.1) is 0 Å². The molecule has 1 fully saturated rings. The summed E-state index contributed by atoms with van der Waals surface area (Å²) in [5.74, 6) is -0.607. The molecule has 0 spiro atoms. The van der Waals surface area contributed by atoms with E-state index in [0.29, 0.717) is 25.0 Å². The van der Waals surface area contributed by atoms with Crippen LogP contribution in [0.5, 0.6) is 11.5 Å². The highest BCUT2D eigenvalue weighted by molar-refractivity contribution is 9.09. The Morgan fingerprint density at radius 1 is 1.42 bits per heavy atom. The van der Waals surface area contributed by atoms with Crippen molar-refractivity contribution in [3.8, 4) is 11.5 Å². The molecule has 0 radical (unpaired) electrons. The molecule has 0 bridgehead atoms. The monoisotopic (exact) mass is 350 g/mol. The number of hydrogen-bond acceptors (Lipinski definition) is 5. The lowest BCUT2D eigenvalue weighted by Gasteiger charge is -2.32. The first-order chi connectivity index (χ1) is 8.95. The largest absolute Gasteiger partial charge is 0.508 e. The molecule has 1 aromatic rings. The summed E-state index contributed by atoms with van der Waals surface area (Å²) in [6.07, 6.45) is 0. The second-order valence-corrected chi connectivity index (χ2v) is 6.87. The number of piperazine rings is 1. The molecule has 1 aromatic carbocycles. The van der Waals surface area contributed by atoms with Gasteiger partial charge in [0.15, 0.2) is 0 Å². The van der Waals surface area contributed by atoms with Gasteiger partial charge >= 0.3 is 0 Å². The molecule has 1 atom stereocenters. The summed E-state index contributed by atoms with van der Waals surface area (Å²) in [6.45, 7) is 1.26. The minimum atomic E-state index is -3.74. The summed E-state index contributed by atoms with van der Waals surface area (Å²) >= 11 is 3.32. The van der Waals surface area contributed by atoms with Crippen LogP contribution >= 0.6 is 15.9 Å². The Morgan fingerprint density at radius 3 is 2.79 bits per heavy atom. The van der Waals surface area contributed by atoms with Crippen LogP contribution in [0.15, 0.2) is 23.1 Å². The van der Waals surface area contributed by atoms with E-state index in [0.717, 1.165) is 6.07 Å². The van der Waals surface area contributed by atoms with E-state index in [4.69, 9.17) is 0 Å². The molecule has 106 valence electrons. The highest BCUT2D eigenvalue weighted by atomic mass is 79.9. The number of alkyl halides is 1. The lowest BCUT2D eigenvalue weighted by molar-refractivity contribution is 0.312. The summed E-state index contributed by atoms with van der Waals surface area (Å²) in [7, 11) is -3.74. The molecule has 1 aliphatic rings. The minimum Gasteiger partial charge on any atom is -0.508 e. The molecular weight excluding hydrogens is 336 g/mol. The van der Waals surface area contributed by atoms with Gasteiger partial charge in [0.2, 0.25) is 10.0 Å². The number of rotatable bonds is 3. The highest BCUT2D eigenvalue weighted by Crippen LogP contribution is 2.29. The number of phenols is 2. The topological polar surface area (TPSA) is 89.9 Å². The predicted octanol–water partition coefficient (Wildman–Crippen LogP) is 0.455. The maximum Gasteiger partial charge on any atom is 0.246 e. The van der Waals surface area contributed by atoms with E-state index >= 15 is 0 Å². The predicted molar refractivity (Wildman–Crippen MR) is 74.1 cm³/mol. The van der Waals surface area contributed by atoms with Crippen LogP contribution in [0, 0.1) is 0 Å². The average Bonchev–Trinajstić information content (AvgIpc) is 2.38. The van der Waals surface area contributed by atoms with Crippen LogP contribution in [-0.4, -0.2) is 53.9 Å². The summed E-state index contributed by atoms with van der Waals surface area (Å²) in [5.41, 5.74) is 0. The highest BCUT2D eigenvalue weighted by Gasteiger charge is 2.31. The van der Waals surface area contributed by atoms with Crippen LogP contribution in [0.25, 0.3) is 0 Å². The number of benzene rings is 1. The van der Waals surface area contributed by atoms with Gasteiger partial charge in [-0.25, -0.2) is 8.42 Å². The molecule has 8 heteroatoms. The second kappa shape index (κ2) is 5.66. The summed E-state index contributed by atoms with van der Waals surface area (Å²) < 4.78 is 26.2. The number of phenolic OH excluding ortho intramolecular Hbond substituents is 2. The van der Waals surface area contributed by atoms with E-state index in [1.807, 2.05) is 0 Å². The van der Waals surface area contributed by atoms with Crippen LogP contribution in [0.2, 0.25) is 0 Å². The zero-order valence-corrected chi connectivity index (χ0v) is 12.5. The Balaban J connectivity index is 2.31. The number of halogens is 1. The first kappa shape index (κ1) is 14.6. The van der Waals surface area contributed by atoms with Crippen LogP contribution < -0.4 is 5.32 Å².